The highest BCUT2D eigenvalue weighted by molar-refractivity contribution is 8.69. The highest BCUT2D eigenvalue weighted by Crippen LogP contribution is 2.09. The molecule has 0 aliphatic rings. The third-order valence-corrected chi connectivity index (χ3v) is 2.77. The van der Waals surface area contributed by atoms with Gasteiger partial charge in [0.25, 0.3) is 0 Å². The molecule has 6 nitrogen and oxygen atoms in total. The van der Waals surface area contributed by atoms with E-state index in [-0.39, 0.29) is 16.5 Å². The monoisotopic (exact) mass is 202 g/mol. The molecule has 0 saturated heterocycles. The molecule has 0 aliphatic carbocycles. The summed E-state index contributed by atoms with van der Waals surface area (Å²) in [4.78, 5) is 10.1. The normalized spacial score (nSPS) is 15.5. The van der Waals surface area contributed by atoms with Crippen molar-refractivity contribution in [2.24, 2.45) is 5.73 Å². The number of hydrogen-bond donors (Lipinski definition) is 3. The van der Waals surface area contributed by atoms with Crippen LogP contribution in [0, 0.1) is 0 Å². The number of aliphatic carboxylic acids is 1. The maximum atomic E-state index is 10.4. The second-order valence-corrected chi connectivity index (χ2v) is 4.95. The second kappa shape index (κ2) is 3.90. The molecule has 0 unspecified atom stereocenters. The van der Waals surface area contributed by atoms with Gasteiger partial charge in [0, 0.05) is 5.75 Å². The molecule has 0 aromatic carbocycles. The van der Waals surface area contributed by atoms with Gasteiger partial charge in [-0.25, -0.2) is 0 Å². The van der Waals surface area contributed by atoms with Gasteiger partial charge < -0.3 is 10.8 Å². The third kappa shape index (κ3) is 6.10. The Kier molecular flexibility index (Phi) is 3.12. The van der Waals surface area contributed by atoms with Gasteiger partial charge in [-0.15, -0.1) is 0 Å². The fourth-order valence-corrected chi connectivity index (χ4v) is 1.62. The predicted octanol–water partition coefficient (Wildman–Crippen LogP) is -1.07. The van der Waals surface area contributed by atoms with Crippen LogP contribution in [0.4, 0.5) is 0 Å². The van der Waals surface area contributed by atoms with Crippen LogP contribution < -0.4 is 5.73 Å². The summed E-state index contributed by atoms with van der Waals surface area (Å²) in [5, 5.41) is 8.23. The zero-order chi connectivity index (χ0) is 9.78. The van der Waals surface area contributed by atoms with Crippen molar-refractivity contribution in [3.63, 3.8) is 0 Å². The van der Waals surface area contributed by atoms with Crippen LogP contribution in [0.5, 0.6) is 0 Å². The molecule has 0 bridgehead atoms. The summed E-state index contributed by atoms with van der Waals surface area (Å²) >= 11 is 0. The molecule has 0 aromatic heterocycles. The zero-order valence-electron chi connectivity index (χ0n) is 6.26. The van der Waals surface area contributed by atoms with Crippen molar-refractivity contribution in [2.45, 2.75) is 6.04 Å². The van der Waals surface area contributed by atoms with E-state index in [1.165, 1.54) is 0 Å². The Labute approximate surface area is 68.4 Å². The van der Waals surface area contributed by atoms with E-state index >= 15 is 0 Å². The van der Waals surface area contributed by atoms with E-state index in [2.05, 4.69) is 4.56 Å². The fraction of sp³-hybridized carbons (Fsp3) is 0.667. The molecule has 0 heterocycles. The lowest BCUT2D eigenvalue weighted by Crippen LogP contribution is -2.32. The first-order valence-electron chi connectivity index (χ1n) is 2.82. The van der Waals surface area contributed by atoms with Crippen molar-refractivity contribution in [2.75, 3.05) is 5.75 Å². The minimum Gasteiger partial charge on any atom is -0.480 e. The largest absolute Gasteiger partial charge is 0.480 e. The molecule has 11 heavy (non-hydrogen) atoms. The van der Waals surface area contributed by atoms with Crippen molar-refractivity contribution in [1.82, 2.24) is 0 Å². The Morgan fingerprint density at radius 1 is 1.82 bits per heavy atom. The Hall–Kier alpha value is -0.310. The minimum absolute atomic E-state index is 0.172. The molecule has 8 heteroatoms. The molecule has 0 aliphatic heterocycles. The van der Waals surface area contributed by atoms with E-state index in [4.69, 9.17) is 12.3 Å². The van der Waals surface area contributed by atoms with Gasteiger partial charge in [-0.2, -0.15) is 8.42 Å². The lowest BCUT2D eigenvalue weighted by Gasteiger charge is -2.01. The third-order valence-electron chi connectivity index (χ3n) is 0.709. The average molecular weight is 202 g/mol. The smallest absolute Gasteiger partial charge is 0.321 e. The highest BCUT2D eigenvalue weighted by atomic mass is 33.1. The summed E-state index contributed by atoms with van der Waals surface area (Å²) in [6.45, 7) is 0. The molecule has 0 saturated carbocycles. The van der Waals surface area contributed by atoms with E-state index in [1.807, 2.05) is 0 Å². The van der Waals surface area contributed by atoms with Gasteiger partial charge in [0.05, 0.1) is 0 Å². The summed E-state index contributed by atoms with van der Waals surface area (Å²) in [5.41, 5.74) is 4.98. The maximum absolute atomic E-state index is 10.4. The van der Waals surface area contributed by atoms with E-state index in [1.54, 1.807) is 0 Å². The first kappa shape index (κ1) is 8.78. The van der Waals surface area contributed by atoms with Gasteiger partial charge in [0.1, 0.15) is 6.04 Å². The van der Waals surface area contributed by atoms with Gasteiger partial charge in [-0.05, 0) is 10.8 Å². The molecule has 0 amide bonds. The van der Waals surface area contributed by atoms with Crippen LogP contribution in [0.3, 0.4) is 0 Å². The molecular formula is C3H7NO5S2. The molecule has 1 atom stereocenters. The first-order valence-corrected chi connectivity index (χ1v) is 5.32. The van der Waals surface area contributed by atoms with Gasteiger partial charge >= 0.3 is 15.1 Å². The van der Waals surface area contributed by atoms with Crippen molar-refractivity contribution < 1.29 is 22.9 Å². The van der Waals surface area contributed by atoms with Crippen LogP contribution in [0.25, 0.3) is 1.43 Å². The molecule has 0 fully saturated rings. The lowest BCUT2D eigenvalue weighted by atomic mass is 10.4. The Balaban J connectivity index is 3.92. The molecule has 0 rings (SSSR count). The van der Waals surface area contributed by atoms with E-state index in [0.29, 0.717) is 0 Å². The summed E-state index contributed by atoms with van der Waals surface area (Å²) in [5.74, 6) is -1.65. The number of carbonyl (C=O) groups is 1. The average Bonchev–Trinajstić information content (AvgIpc) is 2.00. The molecular weight excluding hydrogens is 194 g/mol. The molecule has 4 N–H and O–H groups in total. The van der Waals surface area contributed by atoms with Crippen LogP contribution in [0.1, 0.15) is 0 Å². The summed E-state index contributed by atoms with van der Waals surface area (Å²) < 4.78 is 30.2. The van der Waals surface area contributed by atoms with E-state index in [0.717, 1.165) is 0 Å². The van der Waals surface area contributed by atoms with Gasteiger partial charge in [-0.3, -0.25) is 9.35 Å². The van der Waals surface area contributed by atoms with Crippen LogP contribution in [0.15, 0.2) is 0 Å². The van der Waals surface area contributed by atoms with Crippen LogP contribution in [-0.2, 0) is 13.9 Å². The topological polar surface area (TPSA) is 118 Å². The molecule has 66 valence electrons. The van der Waals surface area contributed by atoms with Gasteiger partial charge in [0.2, 0.25) is 1.43 Å². The number of rotatable bonds is 5. The lowest BCUT2D eigenvalue weighted by molar-refractivity contribution is -0.137. The highest BCUT2D eigenvalue weighted by Gasteiger charge is 2.15. The van der Waals surface area contributed by atoms with Crippen molar-refractivity contribution in [3.8, 4) is 0 Å². The molecule has 0 aromatic rings. The van der Waals surface area contributed by atoms with E-state index in [9.17, 15) is 13.2 Å². The minimum atomic E-state index is -4.01. The Bertz CT molecular complexity index is 251. The standard InChI is InChI=1S/C3H7NO5S2/c4-2(3(5)6)1-10-11(7,8)9/h2H,1,4H2,(H,5,6)(H,7,8,9)/t2-/m0/s1/i/hD. The van der Waals surface area contributed by atoms with Crippen LogP contribution in [0.2, 0.25) is 0 Å². The number of nitrogens with two attached hydrogens (primary N) is 1. The van der Waals surface area contributed by atoms with Crippen molar-refractivity contribution in [3.05, 3.63) is 0 Å². The van der Waals surface area contributed by atoms with E-state index < -0.39 is 21.2 Å². The molecule has 0 radical (unpaired) electrons. The Morgan fingerprint density at radius 2 is 2.36 bits per heavy atom. The molecule has 0 spiro atoms. The van der Waals surface area contributed by atoms with Gasteiger partial charge in [-0.1, -0.05) is 0 Å². The Morgan fingerprint density at radius 3 is 2.73 bits per heavy atom. The van der Waals surface area contributed by atoms with Crippen molar-refractivity contribution in [1.29, 1.82) is 1.43 Å². The number of carboxylic acids is 1. The number of carboxylic acid groups (broad SMARTS) is 1. The SMILES string of the molecule is [2H]OS(=O)(=O)SC[C@H](N)C(=O)O. The second-order valence-electron chi connectivity index (χ2n) is 1.64. The summed E-state index contributed by atoms with van der Waals surface area (Å²) in [7, 11) is -3.84. The van der Waals surface area contributed by atoms with Gasteiger partial charge in [0.15, 0.2) is 0 Å². The fourth-order valence-electron chi connectivity index (χ4n) is 0.228. The van der Waals surface area contributed by atoms with Crippen LogP contribution in [-0.4, -0.2) is 35.8 Å². The maximum Gasteiger partial charge on any atom is 0.321 e. The quantitative estimate of drug-likeness (QED) is 0.384. The van der Waals surface area contributed by atoms with Crippen LogP contribution >= 0.6 is 10.8 Å². The summed E-state index contributed by atoms with van der Waals surface area (Å²) in [6, 6.07) is -1.28. The number of hydrogen-bond acceptors (Lipinski definition) is 6. The first-order chi connectivity index (χ1) is 5.39. The van der Waals surface area contributed by atoms with Crippen molar-refractivity contribution >= 4 is 25.9 Å². The summed E-state index contributed by atoms with van der Waals surface area (Å²) in [6.07, 6.45) is 0. The zero-order valence-corrected chi connectivity index (χ0v) is 6.89. The predicted molar refractivity (Wildman–Crippen MR) is 39.6 cm³/mol.